The van der Waals surface area contributed by atoms with Crippen molar-refractivity contribution in [2.24, 2.45) is 0 Å². The van der Waals surface area contributed by atoms with Crippen LogP contribution < -0.4 is 5.32 Å². The van der Waals surface area contributed by atoms with Gasteiger partial charge in [-0.1, -0.05) is 23.7 Å². The Labute approximate surface area is 94.7 Å². The van der Waals surface area contributed by atoms with Crippen LogP contribution in [-0.2, 0) is 0 Å². The number of aliphatic hydroxyl groups excluding tert-OH is 2. The smallest absolute Gasteiger partial charge is 0.0895 e. The second kappa shape index (κ2) is 6.08. The van der Waals surface area contributed by atoms with E-state index in [0.29, 0.717) is 11.6 Å². The molecule has 2 unspecified atom stereocenters. The van der Waals surface area contributed by atoms with E-state index in [1.54, 1.807) is 0 Å². The summed E-state index contributed by atoms with van der Waals surface area (Å²) in [6.07, 6.45) is -0.716. The molecule has 1 rings (SSSR count). The molecule has 2 atom stereocenters. The molecule has 4 heteroatoms. The Bertz CT molecular complexity index is 306. The predicted octanol–water partition coefficient (Wildman–Crippen LogP) is 1.34. The second-order valence-corrected chi connectivity index (χ2v) is 3.96. The van der Waals surface area contributed by atoms with Crippen molar-refractivity contribution in [2.75, 3.05) is 13.2 Å². The molecule has 0 bridgehead atoms. The summed E-state index contributed by atoms with van der Waals surface area (Å²) in [5.41, 5.74) is 1.06. The van der Waals surface area contributed by atoms with Crippen LogP contribution >= 0.6 is 11.6 Å². The van der Waals surface area contributed by atoms with E-state index in [2.05, 4.69) is 5.32 Å². The number of halogens is 1. The lowest BCUT2D eigenvalue weighted by atomic mass is 10.1. The van der Waals surface area contributed by atoms with Crippen molar-refractivity contribution in [1.82, 2.24) is 5.32 Å². The third-order valence-corrected chi connectivity index (χ3v) is 2.45. The zero-order valence-electron chi connectivity index (χ0n) is 8.65. The van der Waals surface area contributed by atoms with Gasteiger partial charge in [-0.25, -0.2) is 0 Å². The lowest BCUT2D eigenvalue weighted by molar-refractivity contribution is 0.0924. The van der Waals surface area contributed by atoms with Gasteiger partial charge in [-0.3, -0.25) is 0 Å². The molecule has 3 N–H and O–H groups in total. The number of rotatable bonds is 5. The fourth-order valence-corrected chi connectivity index (χ4v) is 1.47. The fourth-order valence-electron chi connectivity index (χ4n) is 1.27. The average molecular weight is 230 g/mol. The van der Waals surface area contributed by atoms with Crippen LogP contribution in [-0.4, -0.2) is 29.5 Å². The topological polar surface area (TPSA) is 52.5 Å². The molecule has 0 aliphatic carbocycles. The highest BCUT2D eigenvalue weighted by atomic mass is 35.5. The summed E-state index contributed by atoms with van der Waals surface area (Å²) in [6, 6.07) is 7.66. The molecule has 0 fully saturated rings. The van der Waals surface area contributed by atoms with Gasteiger partial charge in [-0.2, -0.15) is 0 Å². The largest absolute Gasteiger partial charge is 0.394 e. The molecule has 0 aliphatic heterocycles. The number of nitrogens with one attached hydrogen (secondary N) is 1. The highest BCUT2D eigenvalue weighted by molar-refractivity contribution is 6.30. The monoisotopic (exact) mass is 229 g/mol. The van der Waals surface area contributed by atoms with E-state index in [1.807, 2.05) is 31.2 Å². The first kappa shape index (κ1) is 12.5. The summed E-state index contributed by atoms with van der Waals surface area (Å²) in [5.74, 6) is 0. The van der Waals surface area contributed by atoms with Gasteiger partial charge in [0.2, 0.25) is 0 Å². The summed E-state index contributed by atoms with van der Waals surface area (Å²) >= 11 is 5.86. The van der Waals surface area contributed by atoms with Crippen molar-refractivity contribution >= 4 is 11.6 Å². The minimum Gasteiger partial charge on any atom is -0.394 e. The highest BCUT2D eigenvalue weighted by Gasteiger charge is 2.07. The van der Waals surface area contributed by atoms with Crippen LogP contribution in [0, 0.1) is 0 Å². The third-order valence-electron chi connectivity index (χ3n) is 2.22. The Morgan fingerprint density at radius 2 is 2.20 bits per heavy atom. The van der Waals surface area contributed by atoms with Gasteiger partial charge in [-0.05, 0) is 24.6 Å². The number of aliphatic hydroxyl groups is 2. The first-order chi connectivity index (χ1) is 7.13. The summed E-state index contributed by atoms with van der Waals surface area (Å²) in [4.78, 5) is 0. The van der Waals surface area contributed by atoms with Gasteiger partial charge >= 0.3 is 0 Å². The molecular weight excluding hydrogens is 214 g/mol. The summed E-state index contributed by atoms with van der Waals surface area (Å²) in [7, 11) is 0. The standard InChI is InChI=1S/C11H16ClNO2/c1-8(13-6-11(15)7-14)9-3-2-4-10(12)5-9/h2-5,8,11,13-15H,6-7H2,1H3. The van der Waals surface area contributed by atoms with E-state index in [9.17, 15) is 0 Å². The normalized spacial score (nSPS) is 14.9. The van der Waals surface area contributed by atoms with Gasteiger partial charge in [0.25, 0.3) is 0 Å². The van der Waals surface area contributed by atoms with E-state index in [-0.39, 0.29) is 12.6 Å². The summed E-state index contributed by atoms with van der Waals surface area (Å²) in [5, 5.41) is 21.6. The molecule has 0 aliphatic rings. The van der Waals surface area contributed by atoms with Crippen LogP contribution in [0.5, 0.6) is 0 Å². The van der Waals surface area contributed by atoms with E-state index in [0.717, 1.165) is 5.56 Å². The van der Waals surface area contributed by atoms with Crippen molar-refractivity contribution in [1.29, 1.82) is 0 Å². The Balaban J connectivity index is 2.50. The van der Waals surface area contributed by atoms with Gasteiger partial charge in [0.15, 0.2) is 0 Å². The van der Waals surface area contributed by atoms with E-state index < -0.39 is 6.10 Å². The first-order valence-corrected chi connectivity index (χ1v) is 5.29. The average Bonchev–Trinajstić information content (AvgIpc) is 2.25. The van der Waals surface area contributed by atoms with Crippen LogP contribution in [0.3, 0.4) is 0 Å². The summed E-state index contributed by atoms with van der Waals surface area (Å²) < 4.78 is 0. The quantitative estimate of drug-likeness (QED) is 0.715. The van der Waals surface area contributed by atoms with Gasteiger partial charge in [0.05, 0.1) is 12.7 Å². The van der Waals surface area contributed by atoms with Gasteiger partial charge in [0, 0.05) is 17.6 Å². The van der Waals surface area contributed by atoms with Crippen molar-refractivity contribution in [3.05, 3.63) is 34.9 Å². The Hall–Kier alpha value is -0.610. The van der Waals surface area contributed by atoms with Crippen LogP contribution in [0.15, 0.2) is 24.3 Å². The maximum atomic E-state index is 9.17. The molecule has 0 spiro atoms. The lowest BCUT2D eigenvalue weighted by Gasteiger charge is -2.16. The number of hydrogen-bond donors (Lipinski definition) is 3. The van der Waals surface area contributed by atoms with Crippen LogP contribution in [0.4, 0.5) is 0 Å². The molecule has 84 valence electrons. The Kier molecular flexibility index (Phi) is 5.05. The molecule has 1 aromatic rings. The zero-order valence-corrected chi connectivity index (χ0v) is 9.41. The number of benzene rings is 1. The first-order valence-electron chi connectivity index (χ1n) is 4.91. The molecule has 15 heavy (non-hydrogen) atoms. The van der Waals surface area contributed by atoms with E-state index >= 15 is 0 Å². The molecule has 1 aromatic carbocycles. The molecule has 3 nitrogen and oxygen atoms in total. The second-order valence-electron chi connectivity index (χ2n) is 3.52. The Morgan fingerprint density at radius 3 is 2.80 bits per heavy atom. The fraction of sp³-hybridized carbons (Fsp3) is 0.455. The van der Waals surface area contributed by atoms with E-state index in [4.69, 9.17) is 21.8 Å². The molecule has 0 saturated carbocycles. The molecule has 0 heterocycles. The van der Waals surface area contributed by atoms with Gasteiger partial charge in [-0.15, -0.1) is 0 Å². The summed E-state index contributed by atoms with van der Waals surface area (Å²) in [6.45, 7) is 2.12. The van der Waals surface area contributed by atoms with Crippen molar-refractivity contribution in [3.8, 4) is 0 Å². The third kappa shape index (κ3) is 4.18. The molecule has 0 aromatic heterocycles. The lowest BCUT2D eigenvalue weighted by Crippen LogP contribution is -2.31. The minimum absolute atomic E-state index is 0.102. The SMILES string of the molecule is CC(NCC(O)CO)c1cccc(Cl)c1. The van der Waals surface area contributed by atoms with Crippen LogP contribution in [0.25, 0.3) is 0 Å². The van der Waals surface area contributed by atoms with Crippen LogP contribution in [0.1, 0.15) is 18.5 Å². The predicted molar refractivity (Wildman–Crippen MR) is 61.0 cm³/mol. The van der Waals surface area contributed by atoms with Crippen molar-refractivity contribution in [2.45, 2.75) is 19.1 Å². The molecular formula is C11H16ClNO2. The molecule has 0 amide bonds. The maximum absolute atomic E-state index is 9.17. The molecule has 0 radical (unpaired) electrons. The number of hydrogen-bond acceptors (Lipinski definition) is 3. The van der Waals surface area contributed by atoms with Gasteiger partial charge in [0.1, 0.15) is 0 Å². The van der Waals surface area contributed by atoms with Gasteiger partial charge < -0.3 is 15.5 Å². The molecule has 0 saturated heterocycles. The van der Waals surface area contributed by atoms with E-state index in [1.165, 1.54) is 0 Å². The maximum Gasteiger partial charge on any atom is 0.0895 e. The van der Waals surface area contributed by atoms with Crippen LogP contribution in [0.2, 0.25) is 5.02 Å². The van der Waals surface area contributed by atoms with Crippen molar-refractivity contribution < 1.29 is 10.2 Å². The highest BCUT2D eigenvalue weighted by Crippen LogP contribution is 2.16. The zero-order chi connectivity index (χ0) is 11.3. The van der Waals surface area contributed by atoms with Crippen molar-refractivity contribution in [3.63, 3.8) is 0 Å². The Morgan fingerprint density at radius 1 is 1.47 bits per heavy atom. The minimum atomic E-state index is -0.716.